The molecule has 0 spiro atoms. The summed E-state index contributed by atoms with van der Waals surface area (Å²) in [6.07, 6.45) is 8.70. The van der Waals surface area contributed by atoms with E-state index in [1.54, 1.807) is 0 Å². The van der Waals surface area contributed by atoms with Gasteiger partial charge in [0.15, 0.2) is 0 Å². The van der Waals surface area contributed by atoms with Gasteiger partial charge in [-0.25, -0.2) is 0 Å². The van der Waals surface area contributed by atoms with E-state index in [0.29, 0.717) is 0 Å². The summed E-state index contributed by atoms with van der Waals surface area (Å²) in [6.45, 7) is 0.939. The van der Waals surface area contributed by atoms with Crippen LogP contribution in [0.15, 0.2) is 0 Å². The van der Waals surface area contributed by atoms with Crippen LogP contribution < -0.4 is 5.73 Å². The second-order valence-electron chi connectivity index (χ2n) is 4.89. The van der Waals surface area contributed by atoms with Crippen molar-refractivity contribution in [1.29, 1.82) is 0 Å². The van der Waals surface area contributed by atoms with E-state index in [1.165, 1.54) is 50.0 Å². The zero-order valence-corrected chi connectivity index (χ0v) is 9.90. The summed E-state index contributed by atoms with van der Waals surface area (Å²) >= 11 is 2.14. The first-order chi connectivity index (χ1) is 6.92. The first-order valence-electron chi connectivity index (χ1n) is 6.19. The zero-order valence-electron chi connectivity index (χ0n) is 9.08. The number of thioether (sulfide) groups is 1. The van der Waals surface area contributed by atoms with Crippen LogP contribution in [0.3, 0.4) is 0 Å². The van der Waals surface area contributed by atoms with E-state index >= 15 is 0 Å². The normalized spacial score (nSPS) is 35.8. The van der Waals surface area contributed by atoms with Gasteiger partial charge in [-0.2, -0.15) is 11.8 Å². The highest BCUT2D eigenvalue weighted by molar-refractivity contribution is 7.99. The van der Waals surface area contributed by atoms with E-state index in [1.807, 2.05) is 0 Å². The van der Waals surface area contributed by atoms with Crippen molar-refractivity contribution in [3.63, 3.8) is 0 Å². The van der Waals surface area contributed by atoms with Crippen LogP contribution in [0.1, 0.15) is 38.5 Å². The van der Waals surface area contributed by atoms with Gasteiger partial charge in [-0.3, -0.25) is 0 Å². The maximum atomic E-state index is 5.90. The van der Waals surface area contributed by atoms with Crippen LogP contribution in [0.25, 0.3) is 0 Å². The molecule has 2 aliphatic rings. The molecule has 0 radical (unpaired) electrons. The summed E-state index contributed by atoms with van der Waals surface area (Å²) in [7, 11) is 0. The Hall–Kier alpha value is 0.310. The van der Waals surface area contributed by atoms with Crippen LogP contribution in [0.2, 0.25) is 0 Å². The van der Waals surface area contributed by atoms with Crippen molar-refractivity contribution >= 4 is 11.8 Å². The van der Waals surface area contributed by atoms with Crippen LogP contribution >= 0.6 is 11.8 Å². The van der Waals surface area contributed by atoms with Crippen molar-refractivity contribution in [1.82, 2.24) is 0 Å². The Balaban J connectivity index is 1.91. The minimum absolute atomic E-state index is 0.858. The predicted molar refractivity (Wildman–Crippen MR) is 64.6 cm³/mol. The second kappa shape index (κ2) is 5.41. The van der Waals surface area contributed by atoms with Gasteiger partial charge in [-0.05, 0) is 61.5 Å². The molecular weight excluding hydrogens is 190 g/mol. The summed E-state index contributed by atoms with van der Waals surface area (Å²) in [6, 6.07) is 0. The Bertz CT molecular complexity index is 166. The van der Waals surface area contributed by atoms with E-state index in [2.05, 4.69) is 11.8 Å². The lowest BCUT2D eigenvalue weighted by atomic mass is 9.70. The van der Waals surface area contributed by atoms with Gasteiger partial charge in [0.05, 0.1) is 0 Å². The van der Waals surface area contributed by atoms with Crippen molar-refractivity contribution in [2.24, 2.45) is 23.5 Å². The Labute approximate surface area is 92.2 Å². The van der Waals surface area contributed by atoms with Gasteiger partial charge in [-0.15, -0.1) is 0 Å². The maximum Gasteiger partial charge on any atom is -0.00461 e. The predicted octanol–water partition coefficient (Wildman–Crippen LogP) is 2.89. The summed E-state index contributed by atoms with van der Waals surface area (Å²) in [4.78, 5) is 0. The molecule has 2 rings (SSSR count). The van der Waals surface area contributed by atoms with E-state index in [4.69, 9.17) is 5.73 Å². The fourth-order valence-electron chi connectivity index (χ4n) is 3.29. The molecule has 2 unspecified atom stereocenters. The first kappa shape index (κ1) is 10.8. The maximum absolute atomic E-state index is 5.90. The molecule has 0 aromatic heterocycles. The van der Waals surface area contributed by atoms with E-state index in [9.17, 15) is 0 Å². The highest BCUT2D eigenvalue weighted by Crippen LogP contribution is 2.40. The molecular formula is C12H23NS. The topological polar surface area (TPSA) is 26.0 Å². The molecule has 1 saturated carbocycles. The molecule has 0 bridgehead atoms. The smallest absolute Gasteiger partial charge is 0.00461 e. The fraction of sp³-hybridized carbons (Fsp3) is 1.00. The molecule has 0 aromatic carbocycles. The Morgan fingerprint density at radius 1 is 1.00 bits per heavy atom. The molecule has 1 aliphatic carbocycles. The number of hydrogen-bond donors (Lipinski definition) is 1. The van der Waals surface area contributed by atoms with Crippen molar-refractivity contribution in [3.05, 3.63) is 0 Å². The van der Waals surface area contributed by atoms with E-state index in [0.717, 1.165) is 24.3 Å². The summed E-state index contributed by atoms with van der Waals surface area (Å²) in [5.41, 5.74) is 5.90. The molecule has 2 fully saturated rings. The van der Waals surface area contributed by atoms with Gasteiger partial charge in [-0.1, -0.05) is 12.8 Å². The Kier molecular flexibility index (Phi) is 4.18. The average molecular weight is 213 g/mol. The Morgan fingerprint density at radius 3 is 2.43 bits per heavy atom. The monoisotopic (exact) mass is 213 g/mol. The molecule has 82 valence electrons. The Morgan fingerprint density at radius 2 is 1.71 bits per heavy atom. The SMILES string of the molecule is NCC1CCCCC1C1CCSCC1. The molecule has 1 nitrogen and oxygen atoms in total. The molecule has 1 heterocycles. The van der Waals surface area contributed by atoms with Crippen molar-refractivity contribution in [2.75, 3.05) is 18.1 Å². The fourth-order valence-corrected chi connectivity index (χ4v) is 4.44. The molecule has 0 amide bonds. The third-order valence-electron chi connectivity index (χ3n) is 4.14. The standard InChI is InChI=1S/C12H23NS/c13-9-11-3-1-2-4-12(11)10-5-7-14-8-6-10/h10-12H,1-9,13H2. The van der Waals surface area contributed by atoms with Crippen LogP contribution in [0, 0.1) is 17.8 Å². The van der Waals surface area contributed by atoms with Crippen LogP contribution in [0.5, 0.6) is 0 Å². The molecule has 0 aromatic rings. The number of nitrogens with two attached hydrogens (primary N) is 1. The molecule has 1 saturated heterocycles. The minimum Gasteiger partial charge on any atom is -0.330 e. The average Bonchev–Trinajstić information content (AvgIpc) is 2.30. The summed E-state index contributed by atoms with van der Waals surface area (Å²) < 4.78 is 0. The van der Waals surface area contributed by atoms with Crippen molar-refractivity contribution in [3.8, 4) is 0 Å². The van der Waals surface area contributed by atoms with Gasteiger partial charge in [0, 0.05) is 0 Å². The van der Waals surface area contributed by atoms with Crippen LogP contribution in [-0.2, 0) is 0 Å². The van der Waals surface area contributed by atoms with Crippen LogP contribution in [-0.4, -0.2) is 18.1 Å². The van der Waals surface area contributed by atoms with Gasteiger partial charge < -0.3 is 5.73 Å². The molecule has 2 N–H and O–H groups in total. The molecule has 2 atom stereocenters. The quantitative estimate of drug-likeness (QED) is 0.763. The van der Waals surface area contributed by atoms with Gasteiger partial charge in [0.25, 0.3) is 0 Å². The van der Waals surface area contributed by atoms with Gasteiger partial charge >= 0.3 is 0 Å². The van der Waals surface area contributed by atoms with E-state index in [-0.39, 0.29) is 0 Å². The third kappa shape index (κ3) is 2.46. The number of rotatable bonds is 2. The third-order valence-corrected chi connectivity index (χ3v) is 5.19. The minimum atomic E-state index is 0.858. The second-order valence-corrected chi connectivity index (χ2v) is 6.12. The summed E-state index contributed by atoms with van der Waals surface area (Å²) in [5.74, 6) is 5.66. The first-order valence-corrected chi connectivity index (χ1v) is 7.35. The van der Waals surface area contributed by atoms with Gasteiger partial charge in [0.2, 0.25) is 0 Å². The molecule has 2 heteroatoms. The lowest BCUT2D eigenvalue weighted by molar-refractivity contribution is 0.157. The molecule has 1 aliphatic heterocycles. The van der Waals surface area contributed by atoms with Crippen molar-refractivity contribution in [2.45, 2.75) is 38.5 Å². The van der Waals surface area contributed by atoms with Gasteiger partial charge in [0.1, 0.15) is 0 Å². The lowest BCUT2D eigenvalue weighted by Crippen LogP contribution is -2.33. The van der Waals surface area contributed by atoms with Crippen LogP contribution in [0.4, 0.5) is 0 Å². The highest BCUT2D eigenvalue weighted by Gasteiger charge is 2.31. The highest BCUT2D eigenvalue weighted by atomic mass is 32.2. The summed E-state index contributed by atoms with van der Waals surface area (Å²) in [5, 5.41) is 0. The molecule has 14 heavy (non-hydrogen) atoms. The number of hydrogen-bond acceptors (Lipinski definition) is 2. The largest absolute Gasteiger partial charge is 0.330 e. The lowest BCUT2D eigenvalue weighted by Gasteiger charge is -2.38. The van der Waals surface area contributed by atoms with E-state index < -0.39 is 0 Å². The zero-order chi connectivity index (χ0) is 9.80. The van der Waals surface area contributed by atoms with Crippen molar-refractivity contribution < 1.29 is 0 Å².